The van der Waals surface area contributed by atoms with Gasteiger partial charge in [-0.1, -0.05) is 0 Å². The molecule has 0 radical (unpaired) electrons. The minimum Gasteiger partial charge on any atom is -0.381 e. The molecule has 1 aromatic rings. The number of nitro groups is 1. The lowest BCUT2D eigenvalue weighted by molar-refractivity contribution is -0.387. The molecule has 7 heteroatoms. The Labute approximate surface area is 121 Å². The molecule has 1 atom stereocenters. The number of nitrogens with zero attached hydrogens (tertiary/aromatic N) is 2. The summed E-state index contributed by atoms with van der Waals surface area (Å²) in [6.07, 6.45) is 1.95. The van der Waals surface area contributed by atoms with Crippen LogP contribution in [0.4, 0.5) is 10.1 Å². The Kier molecular flexibility index (Phi) is 4.85. The predicted octanol–water partition coefficient (Wildman–Crippen LogP) is 2.23. The normalized spacial score (nSPS) is 18.3. The van der Waals surface area contributed by atoms with Crippen LogP contribution in [0.25, 0.3) is 0 Å². The summed E-state index contributed by atoms with van der Waals surface area (Å²) in [5.74, 6) is -1.04. The molecule has 1 aliphatic rings. The SMILES string of the molecule is CN(CC1CCCOC1)C(=O)c1ccc(F)c([N+](=O)[O-])c1. The average Bonchev–Trinajstić information content (AvgIpc) is 2.47. The standard InChI is InChI=1S/C14H17FN2O4/c1-16(8-10-3-2-6-21-9-10)14(18)11-4-5-12(15)13(7-11)17(19)20/h4-5,7,10H,2-3,6,8-9H2,1H3. The summed E-state index contributed by atoms with van der Waals surface area (Å²) >= 11 is 0. The molecule has 0 aliphatic carbocycles. The molecule has 1 amide bonds. The fourth-order valence-electron chi connectivity index (χ4n) is 2.43. The molecule has 0 saturated carbocycles. The van der Waals surface area contributed by atoms with Gasteiger partial charge in [-0.05, 0) is 30.9 Å². The third-order valence-electron chi connectivity index (χ3n) is 3.52. The quantitative estimate of drug-likeness (QED) is 0.631. The monoisotopic (exact) mass is 296 g/mol. The zero-order valence-electron chi connectivity index (χ0n) is 11.8. The van der Waals surface area contributed by atoms with Gasteiger partial charge in [0, 0.05) is 31.8 Å². The topological polar surface area (TPSA) is 72.7 Å². The van der Waals surface area contributed by atoms with E-state index in [0.29, 0.717) is 13.2 Å². The molecule has 0 N–H and O–H groups in total. The molecular weight excluding hydrogens is 279 g/mol. The van der Waals surface area contributed by atoms with Crippen molar-refractivity contribution in [1.82, 2.24) is 4.90 Å². The molecule has 0 aromatic heterocycles. The summed E-state index contributed by atoms with van der Waals surface area (Å²) in [7, 11) is 1.63. The molecule has 1 unspecified atom stereocenters. The number of carbonyl (C=O) groups excluding carboxylic acids is 1. The second-order valence-corrected chi connectivity index (χ2v) is 5.19. The highest BCUT2D eigenvalue weighted by atomic mass is 19.1. The zero-order valence-corrected chi connectivity index (χ0v) is 11.8. The van der Waals surface area contributed by atoms with Gasteiger partial charge in [0.1, 0.15) is 0 Å². The lowest BCUT2D eigenvalue weighted by Crippen LogP contribution is -2.35. The minimum absolute atomic E-state index is 0.113. The Hall–Kier alpha value is -2.02. The van der Waals surface area contributed by atoms with E-state index in [2.05, 4.69) is 0 Å². The van der Waals surface area contributed by atoms with Crippen molar-refractivity contribution in [3.63, 3.8) is 0 Å². The fraction of sp³-hybridized carbons (Fsp3) is 0.500. The summed E-state index contributed by atoms with van der Waals surface area (Å²) in [6.45, 7) is 1.88. The molecule has 0 bridgehead atoms. The Morgan fingerprint density at radius 3 is 2.95 bits per heavy atom. The molecule has 1 aliphatic heterocycles. The predicted molar refractivity (Wildman–Crippen MR) is 73.6 cm³/mol. The van der Waals surface area contributed by atoms with Gasteiger partial charge in [0.05, 0.1) is 11.5 Å². The number of nitro benzene ring substituents is 1. The Bertz CT molecular complexity index is 544. The molecular formula is C14H17FN2O4. The van der Waals surface area contributed by atoms with Crippen LogP contribution in [0.1, 0.15) is 23.2 Å². The van der Waals surface area contributed by atoms with E-state index in [-0.39, 0.29) is 17.4 Å². The van der Waals surface area contributed by atoms with Gasteiger partial charge in [-0.25, -0.2) is 0 Å². The number of hydrogen-bond acceptors (Lipinski definition) is 4. The van der Waals surface area contributed by atoms with Crippen LogP contribution >= 0.6 is 0 Å². The van der Waals surface area contributed by atoms with Crippen molar-refractivity contribution in [3.05, 3.63) is 39.7 Å². The van der Waals surface area contributed by atoms with E-state index >= 15 is 0 Å². The number of rotatable bonds is 4. The Balaban J connectivity index is 2.08. The van der Waals surface area contributed by atoms with E-state index in [9.17, 15) is 19.3 Å². The number of benzene rings is 1. The van der Waals surface area contributed by atoms with Crippen molar-refractivity contribution in [3.8, 4) is 0 Å². The third-order valence-corrected chi connectivity index (χ3v) is 3.52. The van der Waals surface area contributed by atoms with Crippen LogP contribution in [0, 0.1) is 21.8 Å². The first-order valence-electron chi connectivity index (χ1n) is 6.76. The summed E-state index contributed by atoms with van der Waals surface area (Å²) in [4.78, 5) is 23.6. The first-order chi connectivity index (χ1) is 9.99. The highest BCUT2D eigenvalue weighted by Gasteiger charge is 2.22. The van der Waals surface area contributed by atoms with Gasteiger partial charge in [0.2, 0.25) is 5.82 Å². The molecule has 21 heavy (non-hydrogen) atoms. The largest absolute Gasteiger partial charge is 0.381 e. The van der Waals surface area contributed by atoms with Gasteiger partial charge in [0.25, 0.3) is 5.91 Å². The first kappa shape index (κ1) is 15.4. The number of halogens is 1. The van der Waals surface area contributed by atoms with E-state index in [1.54, 1.807) is 7.05 Å². The molecule has 114 valence electrons. The lowest BCUT2D eigenvalue weighted by Gasteiger charge is -2.27. The van der Waals surface area contributed by atoms with Crippen LogP contribution in [-0.4, -0.2) is 42.5 Å². The van der Waals surface area contributed by atoms with Crippen LogP contribution in [0.2, 0.25) is 0 Å². The van der Waals surface area contributed by atoms with Gasteiger partial charge >= 0.3 is 5.69 Å². The van der Waals surface area contributed by atoms with E-state index in [1.807, 2.05) is 0 Å². The molecule has 1 fully saturated rings. The molecule has 1 aromatic carbocycles. The number of carbonyl (C=O) groups is 1. The maximum atomic E-state index is 13.3. The minimum atomic E-state index is -0.945. The van der Waals surface area contributed by atoms with E-state index in [1.165, 1.54) is 11.0 Å². The molecule has 2 rings (SSSR count). The van der Waals surface area contributed by atoms with E-state index in [0.717, 1.165) is 31.6 Å². The molecule has 1 heterocycles. The van der Waals surface area contributed by atoms with Gasteiger partial charge in [0.15, 0.2) is 0 Å². The van der Waals surface area contributed by atoms with Crippen molar-refractivity contribution < 1.29 is 18.8 Å². The number of hydrogen-bond donors (Lipinski definition) is 0. The fourth-order valence-corrected chi connectivity index (χ4v) is 2.43. The molecule has 1 saturated heterocycles. The van der Waals surface area contributed by atoms with Crippen LogP contribution in [0.5, 0.6) is 0 Å². The third kappa shape index (κ3) is 3.75. The van der Waals surface area contributed by atoms with Crippen LogP contribution in [0.15, 0.2) is 18.2 Å². The number of amides is 1. The Morgan fingerprint density at radius 1 is 1.57 bits per heavy atom. The zero-order chi connectivity index (χ0) is 15.4. The van der Waals surface area contributed by atoms with E-state index in [4.69, 9.17) is 4.74 Å². The summed E-state index contributed by atoms with van der Waals surface area (Å²) < 4.78 is 18.6. The van der Waals surface area contributed by atoms with Crippen molar-refractivity contribution in [2.24, 2.45) is 5.92 Å². The van der Waals surface area contributed by atoms with Crippen LogP contribution < -0.4 is 0 Å². The van der Waals surface area contributed by atoms with Gasteiger partial charge in [-0.2, -0.15) is 4.39 Å². The maximum absolute atomic E-state index is 13.3. The lowest BCUT2D eigenvalue weighted by atomic mass is 10.0. The molecule has 6 nitrogen and oxygen atoms in total. The summed E-state index contributed by atoms with van der Waals surface area (Å²) in [5, 5.41) is 10.7. The van der Waals surface area contributed by atoms with Gasteiger partial charge in [-0.15, -0.1) is 0 Å². The molecule has 0 spiro atoms. The average molecular weight is 296 g/mol. The van der Waals surface area contributed by atoms with Crippen molar-refractivity contribution in [2.45, 2.75) is 12.8 Å². The summed E-state index contributed by atoms with van der Waals surface area (Å²) in [5.41, 5.74) is -0.572. The van der Waals surface area contributed by atoms with Gasteiger partial charge < -0.3 is 9.64 Å². The summed E-state index contributed by atoms with van der Waals surface area (Å²) in [6, 6.07) is 3.19. The smallest absolute Gasteiger partial charge is 0.305 e. The van der Waals surface area contributed by atoms with Crippen molar-refractivity contribution in [1.29, 1.82) is 0 Å². The van der Waals surface area contributed by atoms with E-state index < -0.39 is 16.4 Å². The highest BCUT2D eigenvalue weighted by molar-refractivity contribution is 5.94. The maximum Gasteiger partial charge on any atom is 0.305 e. The first-order valence-corrected chi connectivity index (χ1v) is 6.76. The highest BCUT2D eigenvalue weighted by Crippen LogP contribution is 2.20. The van der Waals surface area contributed by atoms with Crippen molar-refractivity contribution in [2.75, 3.05) is 26.8 Å². The second-order valence-electron chi connectivity index (χ2n) is 5.19. The second kappa shape index (κ2) is 6.62. The van der Waals surface area contributed by atoms with Crippen molar-refractivity contribution >= 4 is 11.6 Å². The van der Waals surface area contributed by atoms with Gasteiger partial charge in [-0.3, -0.25) is 14.9 Å². The Morgan fingerprint density at radius 2 is 2.33 bits per heavy atom. The van der Waals surface area contributed by atoms with Crippen LogP contribution in [0.3, 0.4) is 0 Å². The number of ether oxygens (including phenoxy) is 1. The van der Waals surface area contributed by atoms with Crippen LogP contribution in [-0.2, 0) is 4.74 Å².